The van der Waals surface area contributed by atoms with E-state index in [4.69, 9.17) is 23.2 Å². The predicted molar refractivity (Wildman–Crippen MR) is 113 cm³/mol. The number of amides is 1. The SMILES string of the molecule is O=C(Cc1c(Cl)cccc1Cl)NCCC(c1ccccc1)c1ccccc1. The molecule has 0 fully saturated rings. The van der Waals surface area contributed by atoms with Crippen LogP contribution in [0.15, 0.2) is 78.9 Å². The molecule has 27 heavy (non-hydrogen) atoms. The van der Waals surface area contributed by atoms with Crippen molar-refractivity contribution in [1.29, 1.82) is 0 Å². The van der Waals surface area contributed by atoms with Gasteiger partial charge in [-0.1, -0.05) is 89.9 Å². The Labute approximate surface area is 170 Å². The summed E-state index contributed by atoms with van der Waals surface area (Å²) < 4.78 is 0. The Morgan fingerprint density at radius 1 is 0.778 bits per heavy atom. The summed E-state index contributed by atoms with van der Waals surface area (Å²) in [6, 6.07) is 26.0. The van der Waals surface area contributed by atoms with Gasteiger partial charge in [0.15, 0.2) is 0 Å². The smallest absolute Gasteiger partial charge is 0.224 e. The van der Waals surface area contributed by atoms with E-state index in [1.807, 2.05) is 36.4 Å². The number of nitrogens with one attached hydrogen (secondary N) is 1. The lowest BCUT2D eigenvalue weighted by molar-refractivity contribution is -0.120. The second-order valence-corrected chi connectivity index (χ2v) is 7.20. The number of hydrogen-bond donors (Lipinski definition) is 1. The molecule has 0 unspecified atom stereocenters. The van der Waals surface area contributed by atoms with E-state index in [0.717, 1.165) is 6.42 Å². The van der Waals surface area contributed by atoms with Crippen molar-refractivity contribution in [2.45, 2.75) is 18.8 Å². The molecular formula is C23H21Cl2NO. The van der Waals surface area contributed by atoms with Crippen LogP contribution in [-0.4, -0.2) is 12.5 Å². The van der Waals surface area contributed by atoms with Crippen molar-refractivity contribution in [3.63, 3.8) is 0 Å². The average molecular weight is 398 g/mol. The van der Waals surface area contributed by atoms with Gasteiger partial charge >= 0.3 is 0 Å². The topological polar surface area (TPSA) is 29.1 Å². The fourth-order valence-corrected chi connectivity index (χ4v) is 3.71. The summed E-state index contributed by atoms with van der Waals surface area (Å²) in [7, 11) is 0. The monoisotopic (exact) mass is 397 g/mol. The Bertz CT molecular complexity index is 822. The van der Waals surface area contributed by atoms with Crippen molar-refractivity contribution < 1.29 is 4.79 Å². The van der Waals surface area contributed by atoms with Crippen LogP contribution in [-0.2, 0) is 11.2 Å². The molecule has 0 saturated carbocycles. The molecule has 138 valence electrons. The molecule has 3 aromatic rings. The Morgan fingerprint density at radius 2 is 1.30 bits per heavy atom. The lowest BCUT2D eigenvalue weighted by Gasteiger charge is -2.18. The maximum atomic E-state index is 12.3. The van der Waals surface area contributed by atoms with Crippen LogP contribution in [0.4, 0.5) is 0 Å². The van der Waals surface area contributed by atoms with E-state index in [2.05, 4.69) is 29.6 Å². The first-order valence-corrected chi connectivity index (χ1v) is 9.70. The van der Waals surface area contributed by atoms with Crippen LogP contribution in [0.3, 0.4) is 0 Å². The Balaban J connectivity index is 1.63. The van der Waals surface area contributed by atoms with E-state index in [9.17, 15) is 4.79 Å². The molecule has 0 aromatic heterocycles. The lowest BCUT2D eigenvalue weighted by atomic mass is 9.88. The number of hydrogen-bond acceptors (Lipinski definition) is 1. The Morgan fingerprint density at radius 3 is 1.81 bits per heavy atom. The minimum Gasteiger partial charge on any atom is -0.356 e. The average Bonchev–Trinajstić information content (AvgIpc) is 2.69. The molecule has 3 rings (SSSR count). The molecule has 1 N–H and O–H groups in total. The molecular weight excluding hydrogens is 377 g/mol. The quantitative estimate of drug-likeness (QED) is 0.530. The Hall–Kier alpha value is -2.29. The van der Waals surface area contributed by atoms with Crippen LogP contribution < -0.4 is 5.32 Å². The molecule has 0 radical (unpaired) electrons. The summed E-state index contributed by atoms with van der Waals surface area (Å²) in [4.78, 5) is 12.3. The third-order valence-electron chi connectivity index (χ3n) is 4.56. The first kappa shape index (κ1) is 19.5. The summed E-state index contributed by atoms with van der Waals surface area (Å²) in [5.41, 5.74) is 3.15. The van der Waals surface area contributed by atoms with Crippen LogP contribution in [0.1, 0.15) is 29.0 Å². The highest BCUT2D eigenvalue weighted by Crippen LogP contribution is 2.28. The van der Waals surface area contributed by atoms with E-state index >= 15 is 0 Å². The molecule has 0 heterocycles. The van der Waals surface area contributed by atoms with Crippen molar-refractivity contribution in [3.05, 3.63) is 106 Å². The third-order valence-corrected chi connectivity index (χ3v) is 5.27. The maximum absolute atomic E-state index is 12.3. The molecule has 0 aliphatic rings. The number of rotatable bonds is 7. The molecule has 0 atom stereocenters. The van der Waals surface area contributed by atoms with Crippen molar-refractivity contribution in [1.82, 2.24) is 5.32 Å². The van der Waals surface area contributed by atoms with Gasteiger partial charge in [-0.05, 0) is 35.2 Å². The van der Waals surface area contributed by atoms with Crippen LogP contribution >= 0.6 is 23.2 Å². The largest absolute Gasteiger partial charge is 0.356 e. The van der Waals surface area contributed by atoms with Gasteiger partial charge in [0.1, 0.15) is 0 Å². The number of halogens is 2. The van der Waals surface area contributed by atoms with Crippen LogP contribution in [0, 0.1) is 0 Å². The second-order valence-electron chi connectivity index (χ2n) is 6.39. The maximum Gasteiger partial charge on any atom is 0.224 e. The van der Waals surface area contributed by atoms with Gasteiger partial charge in [-0.3, -0.25) is 4.79 Å². The molecule has 0 aliphatic heterocycles. The molecule has 3 aromatic carbocycles. The van der Waals surface area contributed by atoms with Crippen molar-refractivity contribution >= 4 is 29.1 Å². The molecule has 0 bridgehead atoms. The predicted octanol–water partition coefficient (Wildman–Crippen LogP) is 5.87. The summed E-state index contributed by atoms with van der Waals surface area (Å²) in [5, 5.41) is 4.03. The molecule has 1 amide bonds. The van der Waals surface area contributed by atoms with Crippen molar-refractivity contribution in [2.24, 2.45) is 0 Å². The molecule has 0 saturated heterocycles. The van der Waals surface area contributed by atoms with Gasteiger partial charge in [0, 0.05) is 22.5 Å². The van der Waals surface area contributed by atoms with Crippen LogP contribution in [0.25, 0.3) is 0 Å². The number of benzene rings is 3. The van der Waals surface area contributed by atoms with Crippen LogP contribution in [0.2, 0.25) is 10.0 Å². The summed E-state index contributed by atoms with van der Waals surface area (Å²) in [6.45, 7) is 0.579. The fraction of sp³-hybridized carbons (Fsp3) is 0.174. The molecule has 2 nitrogen and oxygen atoms in total. The van der Waals surface area contributed by atoms with Gasteiger partial charge < -0.3 is 5.32 Å². The minimum atomic E-state index is -0.0788. The van der Waals surface area contributed by atoms with Crippen molar-refractivity contribution in [3.8, 4) is 0 Å². The van der Waals surface area contributed by atoms with E-state index in [1.165, 1.54) is 11.1 Å². The normalized spacial score (nSPS) is 10.8. The highest BCUT2D eigenvalue weighted by Gasteiger charge is 2.15. The summed E-state index contributed by atoms with van der Waals surface area (Å²) in [6.07, 6.45) is 0.996. The van der Waals surface area contributed by atoms with Gasteiger partial charge in [0.2, 0.25) is 5.91 Å². The molecule has 4 heteroatoms. The lowest BCUT2D eigenvalue weighted by Crippen LogP contribution is -2.27. The standard InChI is InChI=1S/C23H21Cl2NO/c24-21-12-7-13-22(25)20(21)16-23(27)26-15-14-19(17-8-3-1-4-9-17)18-10-5-2-6-11-18/h1-13,19H,14-16H2,(H,26,27). The van der Waals surface area contributed by atoms with E-state index < -0.39 is 0 Å². The highest BCUT2D eigenvalue weighted by atomic mass is 35.5. The Kier molecular flexibility index (Phi) is 6.92. The number of carbonyl (C=O) groups is 1. The van der Waals surface area contributed by atoms with Gasteiger partial charge in [-0.15, -0.1) is 0 Å². The fourth-order valence-electron chi connectivity index (χ4n) is 3.18. The van der Waals surface area contributed by atoms with E-state index in [1.54, 1.807) is 18.2 Å². The van der Waals surface area contributed by atoms with Crippen molar-refractivity contribution in [2.75, 3.05) is 6.54 Å². The zero-order valence-corrected chi connectivity index (χ0v) is 16.4. The van der Waals surface area contributed by atoms with E-state index in [0.29, 0.717) is 22.2 Å². The number of carbonyl (C=O) groups excluding carboxylic acids is 1. The van der Waals surface area contributed by atoms with E-state index in [-0.39, 0.29) is 18.2 Å². The molecule has 0 spiro atoms. The molecule has 0 aliphatic carbocycles. The highest BCUT2D eigenvalue weighted by molar-refractivity contribution is 6.36. The van der Waals surface area contributed by atoms with Gasteiger partial charge in [-0.25, -0.2) is 0 Å². The summed E-state index contributed by atoms with van der Waals surface area (Å²) >= 11 is 12.3. The summed E-state index contributed by atoms with van der Waals surface area (Å²) in [5.74, 6) is 0.154. The van der Waals surface area contributed by atoms with Gasteiger partial charge in [-0.2, -0.15) is 0 Å². The second kappa shape index (κ2) is 9.59. The minimum absolute atomic E-state index is 0.0788. The van der Waals surface area contributed by atoms with Gasteiger partial charge in [0.25, 0.3) is 0 Å². The third kappa shape index (κ3) is 5.35. The zero-order chi connectivity index (χ0) is 19.1. The zero-order valence-electron chi connectivity index (χ0n) is 14.9. The first-order valence-electron chi connectivity index (χ1n) is 8.94. The first-order chi connectivity index (χ1) is 13.1. The van der Waals surface area contributed by atoms with Crippen LogP contribution in [0.5, 0.6) is 0 Å². The van der Waals surface area contributed by atoms with Gasteiger partial charge in [0.05, 0.1) is 6.42 Å².